The fourth-order valence-electron chi connectivity index (χ4n) is 2.52. The minimum atomic E-state index is 0.563. The topological polar surface area (TPSA) is 0 Å². The van der Waals surface area contributed by atoms with E-state index in [9.17, 15) is 0 Å². The zero-order valence-corrected chi connectivity index (χ0v) is 11.3. The molecule has 0 aromatic heterocycles. The first kappa shape index (κ1) is 9.16. The minimum Gasteiger partial charge on any atom is -0.0584 e. The molecule has 90 valence electrons. The van der Waals surface area contributed by atoms with E-state index in [0.717, 1.165) is 43.8 Å². The van der Waals surface area contributed by atoms with Crippen molar-refractivity contribution in [2.75, 3.05) is 0 Å². The van der Waals surface area contributed by atoms with E-state index in [0.29, 0.717) is 12.1 Å². The molecule has 18 heavy (non-hydrogen) atoms. The lowest BCUT2D eigenvalue weighted by Gasteiger charge is -2.11. The molecule has 0 aliphatic carbocycles. The highest BCUT2D eigenvalue weighted by Gasteiger charge is 2.06. The van der Waals surface area contributed by atoms with Gasteiger partial charge in [0, 0.05) is 0 Å². The van der Waals surface area contributed by atoms with Gasteiger partial charge in [-0.2, -0.15) is 0 Å². The second-order valence-corrected chi connectivity index (χ2v) is 5.15. The fraction of sp³-hybridized carbons (Fsp3) is 0.222. The first-order valence-electron chi connectivity index (χ1n) is 7.32. The number of hydrogen-bond donors (Lipinski definition) is 0. The average molecular weight is 236 g/mol. The molecule has 0 heterocycles. The van der Waals surface area contributed by atoms with E-state index in [2.05, 4.69) is 0 Å². The summed E-state index contributed by atoms with van der Waals surface area (Å²) in [6, 6.07) is 9.32. The van der Waals surface area contributed by atoms with Gasteiger partial charge < -0.3 is 0 Å². The molecule has 0 aliphatic heterocycles. The predicted octanol–water partition coefficient (Wildman–Crippen LogP) is 5.23. The standard InChI is InChI=1S/C18H18/c1-11-5-6-12(2)16-10-18-14(4)8-7-13(3)17(18)9-15(11)16/h5-10H,1-4H3/i9D,10D. The quantitative estimate of drug-likeness (QED) is 0.469. The van der Waals surface area contributed by atoms with Crippen LogP contribution in [0, 0.1) is 27.7 Å². The van der Waals surface area contributed by atoms with Crippen molar-refractivity contribution in [2.24, 2.45) is 0 Å². The summed E-state index contributed by atoms with van der Waals surface area (Å²) in [4.78, 5) is 0. The zero-order chi connectivity index (χ0) is 14.6. The van der Waals surface area contributed by atoms with Crippen molar-refractivity contribution in [1.29, 1.82) is 0 Å². The Morgan fingerprint density at radius 3 is 1.00 bits per heavy atom. The van der Waals surface area contributed by atoms with E-state index in [1.54, 1.807) is 0 Å². The van der Waals surface area contributed by atoms with Crippen LogP contribution in [0.5, 0.6) is 0 Å². The van der Waals surface area contributed by atoms with Gasteiger partial charge in [0.25, 0.3) is 0 Å². The van der Waals surface area contributed by atoms with Crippen molar-refractivity contribution in [3.8, 4) is 0 Å². The van der Waals surface area contributed by atoms with Crippen LogP contribution in [0.15, 0.2) is 36.4 Å². The van der Waals surface area contributed by atoms with Gasteiger partial charge in [-0.15, -0.1) is 0 Å². The lowest BCUT2D eigenvalue weighted by molar-refractivity contribution is 1.44. The van der Waals surface area contributed by atoms with Crippen LogP contribution in [-0.4, -0.2) is 0 Å². The lowest BCUT2D eigenvalue weighted by Crippen LogP contribution is -1.87. The second kappa shape index (κ2) is 3.84. The molecule has 3 aromatic rings. The van der Waals surface area contributed by atoms with E-state index in [1.165, 1.54) is 0 Å². The molecule has 0 fully saturated rings. The van der Waals surface area contributed by atoms with E-state index in [-0.39, 0.29) is 0 Å². The Bertz CT molecular complexity index is 720. The predicted molar refractivity (Wildman–Crippen MR) is 80.4 cm³/mol. The highest BCUT2D eigenvalue weighted by molar-refractivity contribution is 6.03. The number of fused-ring (bicyclic) bond motifs is 2. The van der Waals surface area contributed by atoms with Crippen LogP contribution in [-0.2, 0) is 0 Å². The van der Waals surface area contributed by atoms with Gasteiger partial charge in [0.1, 0.15) is 0 Å². The largest absolute Gasteiger partial charge is 0.0636 e. The Balaban J connectivity index is 2.77. The molecule has 0 N–H and O–H groups in total. The molecule has 0 unspecified atom stereocenters. The van der Waals surface area contributed by atoms with Crippen LogP contribution in [0.3, 0.4) is 0 Å². The molecule has 3 aromatic carbocycles. The lowest BCUT2D eigenvalue weighted by atomic mass is 9.93. The Hall–Kier alpha value is -1.82. The molecule has 0 saturated heterocycles. The zero-order valence-electron chi connectivity index (χ0n) is 13.3. The van der Waals surface area contributed by atoms with Crippen LogP contribution in [0.2, 0.25) is 0 Å². The molecule has 3 rings (SSSR count). The maximum absolute atomic E-state index is 8.62. The molecule has 0 atom stereocenters. The molecule has 0 heteroatoms. The summed E-state index contributed by atoms with van der Waals surface area (Å²) in [5, 5.41) is 3.71. The van der Waals surface area contributed by atoms with E-state index in [4.69, 9.17) is 2.74 Å². The number of benzene rings is 3. The number of aryl methyl sites for hydroxylation is 4. The van der Waals surface area contributed by atoms with E-state index >= 15 is 0 Å². The van der Waals surface area contributed by atoms with Crippen LogP contribution < -0.4 is 0 Å². The van der Waals surface area contributed by atoms with Crippen molar-refractivity contribution in [3.63, 3.8) is 0 Å². The Morgan fingerprint density at radius 2 is 0.778 bits per heavy atom. The van der Waals surface area contributed by atoms with Crippen molar-refractivity contribution in [2.45, 2.75) is 27.7 Å². The second-order valence-electron chi connectivity index (χ2n) is 5.15. The molecule has 0 aliphatic rings. The van der Waals surface area contributed by atoms with Gasteiger partial charge in [-0.25, -0.2) is 0 Å². The van der Waals surface area contributed by atoms with E-state index < -0.39 is 0 Å². The molecule has 0 spiro atoms. The van der Waals surface area contributed by atoms with Crippen LogP contribution in [0.4, 0.5) is 0 Å². The SMILES string of the molecule is [2H]c1c2c(C)ccc(C)c2c([2H])c2c(C)ccc(C)c12. The third-order valence-corrected chi connectivity index (χ3v) is 3.74. The smallest absolute Gasteiger partial charge is 0.0584 e. The van der Waals surface area contributed by atoms with Gasteiger partial charge in [0.05, 0.1) is 2.74 Å². The van der Waals surface area contributed by atoms with Crippen LogP contribution >= 0.6 is 0 Å². The van der Waals surface area contributed by atoms with Gasteiger partial charge in [-0.3, -0.25) is 0 Å². The molecular weight excluding hydrogens is 216 g/mol. The molecule has 0 saturated carbocycles. The fourth-order valence-corrected chi connectivity index (χ4v) is 2.52. The first-order valence-corrected chi connectivity index (χ1v) is 6.32. The van der Waals surface area contributed by atoms with Gasteiger partial charge >= 0.3 is 0 Å². The Kier molecular flexibility index (Phi) is 1.96. The average Bonchev–Trinajstić information content (AvgIpc) is 2.41. The van der Waals surface area contributed by atoms with E-state index in [1.807, 2.05) is 52.0 Å². The number of rotatable bonds is 0. The van der Waals surface area contributed by atoms with Crippen LogP contribution in [0.1, 0.15) is 25.0 Å². The maximum atomic E-state index is 8.62. The molecular formula is C18H18. The van der Waals surface area contributed by atoms with Crippen molar-refractivity contribution < 1.29 is 2.74 Å². The third-order valence-electron chi connectivity index (χ3n) is 3.74. The maximum Gasteiger partial charge on any atom is 0.0636 e. The van der Waals surface area contributed by atoms with Gasteiger partial charge in [-0.05, 0) is 83.6 Å². The summed E-state index contributed by atoms with van der Waals surface area (Å²) in [5.41, 5.74) is 4.30. The molecule has 0 nitrogen and oxygen atoms in total. The normalized spacial score (nSPS) is 12.9. The van der Waals surface area contributed by atoms with Gasteiger partial charge in [0.15, 0.2) is 0 Å². The van der Waals surface area contributed by atoms with Gasteiger partial charge in [-0.1, -0.05) is 24.3 Å². The van der Waals surface area contributed by atoms with Gasteiger partial charge in [0.2, 0.25) is 0 Å². The van der Waals surface area contributed by atoms with Crippen LogP contribution in [0.25, 0.3) is 21.5 Å². The highest BCUT2D eigenvalue weighted by Crippen LogP contribution is 2.30. The summed E-state index contributed by atoms with van der Waals surface area (Å²) < 4.78 is 17.2. The highest BCUT2D eigenvalue weighted by atomic mass is 14.1. The summed E-state index contributed by atoms with van der Waals surface area (Å²) in [6.45, 7) is 8.10. The third kappa shape index (κ3) is 1.53. The Labute approximate surface area is 111 Å². The summed E-state index contributed by atoms with van der Waals surface area (Å²) >= 11 is 0. The first-order chi connectivity index (χ1) is 9.43. The minimum absolute atomic E-state index is 0.563. The Morgan fingerprint density at radius 1 is 0.556 bits per heavy atom. The molecule has 0 radical (unpaired) electrons. The molecule has 0 amide bonds. The molecule has 0 bridgehead atoms. The summed E-state index contributed by atoms with van der Waals surface area (Å²) in [5.74, 6) is 0. The monoisotopic (exact) mass is 236 g/mol. The summed E-state index contributed by atoms with van der Waals surface area (Å²) in [7, 11) is 0. The van der Waals surface area contributed by atoms with Crippen molar-refractivity contribution in [1.82, 2.24) is 0 Å². The summed E-state index contributed by atoms with van der Waals surface area (Å²) in [6.07, 6.45) is 0. The van der Waals surface area contributed by atoms with Crippen molar-refractivity contribution >= 4 is 21.5 Å². The number of hydrogen-bond acceptors (Lipinski definition) is 0. The van der Waals surface area contributed by atoms with Crippen molar-refractivity contribution in [3.05, 3.63) is 58.6 Å².